The van der Waals surface area contributed by atoms with Crippen LogP contribution in [0.1, 0.15) is 33.6 Å². The third-order valence-corrected chi connectivity index (χ3v) is 5.86. The summed E-state index contributed by atoms with van der Waals surface area (Å²) < 4.78 is 25.6. The molecular formula is C11H22BrNO2S. The Hall–Kier alpha value is 0.390. The molecule has 1 fully saturated rings. The van der Waals surface area contributed by atoms with Crippen molar-refractivity contribution >= 4 is 26.0 Å². The van der Waals surface area contributed by atoms with Gasteiger partial charge in [0.15, 0.2) is 0 Å². The number of halogens is 1. The quantitative estimate of drug-likeness (QED) is 0.748. The first kappa shape index (κ1) is 14.5. The molecule has 0 unspecified atom stereocenters. The zero-order valence-corrected chi connectivity index (χ0v) is 12.9. The number of alkyl halides is 1. The maximum Gasteiger partial charge on any atom is 0.214 e. The van der Waals surface area contributed by atoms with Crippen molar-refractivity contribution in [3.8, 4) is 0 Å². The molecule has 0 amide bonds. The molecule has 5 heteroatoms. The predicted octanol–water partition coefficient (Wildman–Crippen LogP) is 2.47. The lowest BCUT2D eigenvalue weighted by molar-refractivity contribution is 0.273. The topological polar surface area (TPSA) is 37.4 Å². The molecule has 1 saturated carbocycles. The van der Waals surface area contributed by atoms with E-state index in [0.29, 0.717) is 17.3 Å². The molecular weight excluding hydrogens is 290 g/mol. The largest absolute Gasteiger partial charge is 0.214 e. The van der Waals surface area contributed by atoms with Gasteiger partial charge in [0, 0.05) is 18.4 Å². The molecule has 0 aromatic rings. The molecule has 0 aromatic carbocycles. The smallest absolute Gasteiger partial charge is 0.212 e. The van der Waals surface area contributed by atoms with Crippen molar-refractivity contribution in [2.45, 2.75) is 38.4 Å². The van der Waals surface area contributed by atoms with Gasteiger partial charge in [-0.05, 0) is 24.2 Å². The Morgan fingerprint density at radius 2 is 1.81 bits per heavy atom. The van der Waals surface area contributed by atoms with Crippen LogP contribution in [-0.2, 0) is 10.0 Å². The SMILES string of the molecule is CN(CC1CC(Br)C1)S(=O)(=O)CC(C)(C)C. The molecule has 0 saturated heterocycles. The second-order valence-electron chi connectivity index (χ2n) is 6.03. The molecule has 0 radical (unpaired) electrons. The molecule has 96 valence electrons. The average Bonchev–Trinajstić information content (AvgIpc) is 1.96. The van der Waals surface area contributed by atoms with Crippen LogP contribution >= 0.6 is 15.9 Å². The maximum absolute atomic E-state index is 12.0. The van der Waals surface area contributed by atoms with Crippen molar-refractivity contribution in [3.63, 3.8) is 0 Å². The second kappa shape index (κ2) is 4.94. The van der Waals surface area contributed by atoms with E-state index in [1.807, 2.05) is 20.8 Å². The molecule has 0 aromatic heterocycles. The van der Waals surface area contributed by atoms with Gasteiger partial charge in [-0.3, -0.25) is 0 Å². The fourth-order valence-corrected chi connectivity index (χ4v) is 4.75. The van der Waals surface area contributed by atoms with Crippen molar-refractivity contribution in [2.24, 2.45) is 11.3 Å². The van der Waals surface area contributed by atoms with Crippen LogP contribution in [-0.4, -0.2) is 36.9 Å². The lowest BCUT2D eigenvalue weighted by atomic mass is 9.85. The summed E-state index contributed by atoms with van der Waals surface area (Å²) in [6, 6.07) is 0. The van der Waals surface area contributed by atoms with Crippen molar-refractivity contribution < 1.29 is 8.42 Å². The Balaban J connectivity index is 2.49. The molecule has 0 N–H and O–H groups in total. The highest BCUT2D eigenvalue weighted by atomic mass is 79.9. The first-order valence-electron chi connectivity index (χ1n) is 5.68. The van der Waals surface area contributed by atoms with Crippen LogP contribution in [0.3, 0.4) is 0 Å². The van der Waals surface area contributed by atoms with Gasteiger partial charge in [-0.25, -0.2) is 12.7 Å². The molecule has 16 heavy (non-hydrogen) atoms. The average molecular weight is 312 g/mol. The summed E-state index contributed by atoms with van der Waals surface area (Å²) in [6.07, 6.45) is 2.19. The molecule has 1 aliphatic rings. The Labute approximate surface area is 108 Å². The Morgan fingerprint density at radius 3 is 2.19 bits per heavy atom. The van der Waals surface area contributed by atoms with Gasteiger partial charge in [-0.1, -0.05) is 36.7 Å². The first-order chi connectivity index (χ1) is 7.10. The monoisotopic (exact) mass is 311 g/mol. The fraction of sp³-hybridized carbons (Fsp3) is 1.00. The first-order valence-corrected chi connectivity index (χ1v) is 8.21. The highest BCUT2D eigenvalue weighted by Crippen LogP contribution is 2.34. The van der Waals surface area contributed by atoms with Crippen LogP contribution in [0.5, 0.6) is 0 Å². The van der Waals surface area contributed by atoms with Gasteiger partial charge in [0.05, 0.1) is 5.75 Å². The van der Waals surface area contributed by atoms with E-state index >= 15 is 0 Å². The van der Waals surface area contributed by atoms with Gasteiger partial charge in [0.25, 0.3) is 0 Å². The predicted molar refractivity (Wildman–Crippen MR) is 71.3 cm³/mol. The third-order valence-electron chi connectivity index (χ3n) is 2.78. The van der Waals surface area contributed by atoms with Crippen LogP contribution in [0.15, 0.2) is 0 Å². The van der Waals surface area contributed by atoms with Crippen LogP contribution in [0.4, 0.5) is 0 Å². The van der Waals surface area contributed by atoms with E-state index < -0.39 is 10.0 Å². The molecule has 1 aliphatic carbocycles. The summed E-state index contributed by atoms with van der Waals surface area (Å²) in [5, 5.41) is 0. The van der Waals surface area contributed by atoms with Crippen molar-refractivity contribution in [1.82, 2.24) is 4.31 Å². The number of rotatable bonds is 4. The summed E-state index contributed by atoms with van der Waals surface area (Å²) >= 11 is 3.52. The fourth-order valence-electron chi connectivity index (χ4n) is 1.94. The molecule has 0 aliphatic heterocycles. The molecule has 0 atom stereocenters. The van der Waals surface area contributed by atoms with E-state index in [2.05, 4.69) is 15.9 Å². The molecule has 0 spiro atoms. The minimum absolute atomic E-state index is 0.176. The van der Waals surface area contributed by atoms with E-state index in [4.69, 9.17) is 0 Å². The highest BCUT2D eigenvalue weighted by molar-refractivity contribution is 9.09. The minimum Gasteiger partial charge on any atom is -0.212 e. The number of sulfonamides is 1. The lowest BCUT2D eigenvalue weighted by Gasteiger charge is -2.34. The van der Waals surface area contributed by atoms with Crippen LogP contribution in [0, 0.1) is 11.3 Å². The summed E-state index contributed by atoms with van der Waals surface area (Å²) in [4.78, 5) is 0.594. The lowest BCUT2D eigenvalue weighted by Crippen LogP contribution is -2.40. The number of hydrogen-bond acceptors (Lipinski definition) is 2. The Kier molecular flexibility index (Phi) is 4.46. The van der Waals surface area contributed by atoms with Gasteiger partial charge in [-0.15, -0.1) is 0 Å². The van der Waals surface area contributed by atoms with Crippen LogP contribution < -0.4 is 0 Å². The summed E-state index contributed by atoms with van der Waals surface area (Å²) in [6.45, 7) is 6.53. The zero-order valence-electron chi connectivity index (χ0n) is 10.5. The van der Waals surface area contributed by atoms with Crippen molar-refractivity contribution in [2.75, 3.05) is 19.3 Å². The molecule has 0 heterocycles. The summed E-state index contributed by atoms with van der Waals surface area (Å²) in [5.74, 6) is 0.755. The van der Waals surface area contributed by atoms with Crippen LogP contribution in [0.2, 0.25) is 0 Å². The van der Waals surface area contributed by atoms with Crippen molar-refractivity contribution in [3.05, 3.63) is 0 Å². The van der Waals surface area contributed by atoms with E-state index in [1.54, 1.807) is 7.05 Å². The van der Waals surface area contributed by atoms with Gasteiger partial charge in [-0.2, -0.15) is 0 Å². The number of nitrogens with zero attached hydrogens (tertiary/aromatic N) is 1. The summed E-state index contributed by atoms with van der Waals surface area (Å²) in [7, 11) is -1.39. The maximum atomic E-state index is 12.0. The van der Waals surface area contributed by atoms with Gasteiger partial charge in [0.1, 0.15) is 0 Å². The molecule has 0 bridgehead atoms. The summed E-state index contributed by atoms with van der Waals surface area (Å²) in [5.41, 5.74) is -0.176. The van der Waals surface area contributed by atoms with E-state index in [0.717, 1.165) is 12.8 Å². The Bertz CT molecular complexity index is 328. The molecule has 3 nitrogen and oxygen atoms in total. The third kappa shape index (κ3) is 4.34. The van der Waals surface area contributed by atoms with Crippen LogP contribution in [0.25, 0.3) is 0 Å². The zero-order chi connectivity index (χ0) is 12.6. The van der Waals surface area contributed by atoms with Gasteiger partial charge < -0.3 is 0 Å². The molecule has 1 rings (SSSR count). The van der Waals surface area contributed by atoms with E-state index in [-0.39, 0.29) is 11.2 Å². The van der Waals surface area contributed by atoms with Gasteiger partial charge >= 0.3 is 0 Å². The highest BCUT2D eigenvalue weighted by Gasteiger charge is 2.32. The minimum atomic E-state index is -3.09. The van der Waals surface area contributed by atoms with E-state index in [1.165, 1.54) is 4.31 Å². The number of hydrogen-bond donors (Lipinski definition) is 0. The standard InChI is InChI=1S/C11H22BrNO2S/c1-11(2,3)8-16(14,15)13(4)7-9-5-10(12)6-9/h9-10H,5-8H2,1-4H3. The van der Waals surface area contributed by atoms with Gasteiger partial charge in [0.2, 0.25) is 10.0 Å². The van der Waals surface area contributed by atoms with Crippen molar-refractivity contribution in [1.29, 1.82) is 0 Å². The normalized spacial score (nSPS) is 26.9. The second-order valence-corrected chi connectivity index (χ2v) is 9.40. The Morgan fingerprint density at radius 1 is 1.31 bits per heavy atom. The van der Waals surface area contributed by atoms with E-state index in [9.17, 15) is 8.42 Å².